The maximum atomic E-state index is 6.22. The summed E-state index contributed by atoms with van der Waals surface area (Å²) in [5.74, 6) is 2.26. The SMILES string of the molecule is CON=C1CC[C@H]2C3=CCc4cc(O[Si](C)(C)C)ccc4[C@H]3CC[C@]12C. The van der Waals surface area contributed by atoms with E-state index in [1.807, 2.05) is 0 Å². The quantitative estimate of drug-likeness (QED) is 0.390. The van der Waals surface area contributed by atoms with Crippen molar-refractivity contribution in [2.24, 2.45) is 16.5 Å². The number of fused-ring (bicyclic) bond motifs is 5. The third kappa shape index (κ3) is 2.92. The number of nitrogens with zero attached hydrogens (tertiary/aromatic N) is 1. The van der Waals surface area contributed by atoms with Crippen LogP contribution in [0.25, 0.3) is 0 Å². The van der Waals surface area contributed by atoms with Crippen molar-refractivity contribution in [3.8, 4) is 5.75 Å². The van der Waals surface area contributed by atoms with Crippen LogP contribution in [0.1, 0.15) is 49.7 Å². The van der Waals surface area contributed by atoms with Crippen molar-refractivity contribution in [2.75, 3.05) is 7.11 Å². The lowest BCUT2D eigenvalue weighted by Crippen LogP contribution is -2.37. The van der Waals surface area contributed by atoms with Gasteiger partial charge in [0.25, 0.3) is 0 Å². The first-order chi connectivity index (χ1) is 12.3. The molecule has 0 heterocycles. The molecule has 4 rings (SSSR count). The van der Waals surface area contributed by atoms with Gasteiger partial charge in [-0.3, -0.25) is 0 Å². The number of benzene rings is 1. The molecule has 0 amide bonds. The molecule has 2 fully saturated rings. The molecule has 3 nitrogen and oxygen atoms in total. The van der Waals surface area contributed by atoms with Crippen LogP contribution in [-0.4, -0.2) is 21.1 Å². The molecule has 1 aromatic carbocycles. The molecule has 1 aromatic rings. The largest absolute Gasteiger partial charge is 0.544 e. The second-order valence-electron chi connectivity index (χ2n) is 9.30. The van der Waals surface area contributed by atoms with E-state index in [1.54, 1.807) is 12.7 Å². The van der Waals surface area contributed by atoms with Crippen molar-refractivity contribution in [3.05, 3.63) is 41.0 Å². The molecule has 0 unspecified atom stereocenters. The third-order valence-corrected chi connectivity index (χ3v) is 7.38. The zero-order valence-corrected chi connectivity index (χ0v) is 17.8. The summed E-state index contributed by atoms with van der Waals surface area (Å²) in [4.78, 5) is 5.14. The van der Waals surface area contributed by atoms with Gasteiger partial charge in [-0.15, -0.1) is 0 Å². The van der Waals surface area contributed by atoms with Crippen LogP contribution in [0.4, 0.5) is 0 Å². The Morgan fingerprint density at radius 1 is 1.19 bits per heavy atom. The summed E-state index contributed by atoms with van der Waals surface area (Å²) in [5, 5.41) is 4.38. The van der Waals surface area contributed by atoms with Crippen molar-refractivity contribution in [3.63, 3.8) is 0 Å². The highest BCUT2D eigenvalue weighted by molar-refractivity contribution is 6.70. The topological polar surface area (TPSA) is 30.8 Å². The Kier molecular flexibility index (Phi) is 4.29. The van der Waals surface area contributed by atoms with Crippen LogP contribution in [0.3, 0.4) is 0 Å². The first kappa shape index (κ1) is 17.8. The average molecular weight is 370 g/mol. The van der Waals surface area contributed by atoms with Crippen LogP contribution in [-0.2, 0) is 11.3 Å². The Morgan fingerprint density at radius 2 is 2.00 bits per heavy atom. The highest BCUT2D eigenvalue weighted by Crippen LogP contribution is 2.58. The van der Waals surface area contributed by atoms with Crippen molar-refractivity contribution in [2.45, 2.75) is 64.6 Å². The van der Waals surface area contributed by atoms with E-state index in [4.69, 9.17) is 9.26 Å². The Morgan fingerprint density at radius 3 is 2.73 bits per heavy atom. The van der Waals surface area contributed by atoms with E-state index in [9.17, 15) is 0 Å². The molecule has 0 N–H and O–H groups in total. The van der Waals surface area contributed by atoms with Crippen LogP contribution >= 0.6 is 0 Å². The molecule has 26 heavy (non-hydrogen) atoms. The summed E-state index contributed by atoms with van der Waals surface area (Å²) in [7, 11) is 0.111. The lowest BCUT2D eigenvalue weighted by Gasteiger charge is -2.44. The molecule has 4 heteroatoms. The summed E-state index contributed by atoms with van der Waals surface area (Å²) in [6, 6.07) is 6.83. The van der Waals surface area contributed by atoms with Crippen molar-refractivity contribution in [1.82, 2.24) is 0 Å². The fraction of sp³-hybridized carbons (Fsp3) is 0.591. The van der Waals surface area contributed by atoms with Crippen LogP contribution in [0, 0.1) is 11.3 Å². The first-order valence-corrected chi connectivity index (χ1v) is 13.3. The van der Waals surface area contributed by atoms with Gasteiger partial charge in [-0.2, -0.15) is 0 Å². The lowest BCUT2D eigenvalue weighted by atomic mass is 9.60. The molecule has 3 aliphatic rings. The molecule has 0 radical (unpaired) electrons. The van der Waals surface area contributed by atoms with Crippen LogP contribution in [0.2, 0.25) is 19.6 Å². The van der Waals surface area contributed by atoms with Gasteiger partial charge >= 0.3 is 0 Å². The van der Waals surface area contributed by atoms with E-state index in [0.717, 1.165) is 18.6 Å². The number of hydrogen-bond donors (Lipinski definition) is 0. The van der Waals surface area contributed by atoms with Gasteiger partial charge in [0.2, 0.25) is 8.32 Å². The van der Waals surface area contributed by atoms with E-state index in [2.05, 4.69) is 56.0 Å². The van der Waals surface area contributed by atoms with Crippen molar-refractivity contribution in [1.29, 1.82) is 0 Å². The van der Waals surface area contributed by atoms with E-state index < -0.39 is 8.32 Å². The molecule has 2 saturated carbocycles. The molecule has 0 saturated heterocycles. The third-order valence-electron chi connectivity index (χ3n) is 6.53. The van der Waals surface area contributed by atoms with Gasteiger partial charge in [-0.05, 0) is 80.9 Å². The molecular weight excluding hydrogens is 338 g/mol. The standard InChI is InChI=1S/C22H31NO2Si/c1-22-13-12-18-17-9-7-16(25-26(3,4)5)14-15(17)6-8-19(18)20(22)10-11-21(22)23-24-2/h7-9,14,18,20H,6,10-13H2,1-5H3/t18-,20+,22+/m1/s1. The molecule has 0 aliphatic heterocycles. The maximum absolute atomic E-state index is 6.22. The normalized spacial score (nSPS) is 31.7. The van der Waals surface area contributed by atoms with Crippen molar-refractivity contribution < 1.29 is 9.26 Å². The number of hydrogen-bond acceptors (Lipinski definition) is 3. The Hall–Kier alpha value is -1.55. The minimum atomic E-state index is -1.56. The van der Waals surface area contributed by atoms with Crippen molar-refractivity contribution >= 4 is 14.0 Å². The first-order valence-electron chi connectivity index (χ1n) is 9.94. The summed E-state index contributed by atoms with van der Waals surface area (Å²) in [5.41, 5.74) is 6.11. The fourth-order valence-corrected chi connectivity index (χ4v) is 6.25. The summed E-state index contributed by atoms with van der Waals surface area (Å²) in [6.45, 7) is 9.13. The van der Waals surface area contributed by atoms with Gasteiger partial charge in [0.1, 0.15) is 12.9 Å². The van der Waals surface area contributed by atoms with E-state index >= 15 is 0 Å². The lowest BCUT2D eigenvalue weighted by molar-refractivity contribution is 0.198. The zero-order chi connectivity index (χ0) is 18.5. The van der Waals surface area contributed by atoms with Gasteiger partial charge < -0.3 is 9.26 Å². The van der Waals surface area contributed by atoms with Crippen LogP contribution < -0.4 is 4.43 Å². The minimum absolute atomic E-state index is 0.191. The number of rotatable bonds is 3. The average Bonchev–Trinajstić information content (AvgIpc) is 2.90. The summed E-state index contributed by atoms with van der Waals surface area (Å²) in [6.07, 6.45) is 8.26. The second-order valence-corrected chi connectivity index (χ2v) is 13.7. The fourth-order valence-electron chi connectivity index (χ4n) is 5.42. The maximum Gasteiger partial charge on any atom is 0.242 e. The molecule has 0 aromatic heterocycles. The molecule has 3 aliphatic carbocycles. The van der Waals surface area contributed by atoms with Gasteiger partial charge in [0, 0.05) is 11.3 Å². The van der Waals surface area contributed by atoms with E-state index in [1.165, 1.54) is 36.1 Å². The number of allylic oxidation sites excluding steroid dienone is 2. The van der Waals surface area contributed by atoms with E-state index in [0.29, 0.717) is 11.8 Å². The van der Waals surface area contributed by atoms with Gasteiger partial charge in [-0.25, -0.2) is 0 Å². The number of oxime groups is 1. The molecule has 0 spiro atoms. The molecule has 140 valence electrons. The molecular formula is C22H31NO2Si. The predicted molar refractivity (Wildman–Crippen MR) is 109 cm³/mol. The van der Waals surface area contributed by atoms with Crippen LogP contribution in [0.5, 0.6) is 5.75 Å². The molecule has 0 bridgehead atoms. The highest BCUT2D eigenvalue weighted by Gasteiger charge is 2.51. The summed E-state index contributed by atoms with van der Waals surface area (Å²) >= 11 is 0. The Labute approximate surface area is 158 Å². The predicted octanol–water partition coefficient (Wildman–Crippen LogP) is 5.68. The minimum Gasteiger partial charge on any atom is -0.544 e. The van der Waals surface area contributed by atoms with Gasteiger partial charge in [0.05, 0.1) is 5.71 Å². The van der Waals surface area contributed by atoms with Crippen LogP contribution in [0.15, 0.2) is 35.0 Å². The monoisotopic (exact) mass is 369 g/mol. The Balaban J connectivity index is 1.63. The second kappa shape index (κ2) is 6.26. The van der Waals surface area contributed by atoms with Gasteiger partial charge in [-0.1, -0.05) is 29.8 Å². The van der Waals surface area contributed by atoms with E-state index in [-0.39, 0.29) is 5.41 Å². The highest BCUT2D eigenvalue weighted by atomic mass is 28.4. The smallest absolute Gasteiger partial charge is 0.242 e. The zero-order valence-electron chi connectivity index (χ0n) is 16.8. The molecule has 3 atom stereocenters. The van der Waals surface area contributed by atoms with Gasteiger partial charge in [0.15, 0.2) is 0 Å². The Bertz CT molecular complexity index is 777. The summed E-state index contributed by atoms with van der Waals surface area (Å²) < 4.78 is 6.22.